The summed E-state index contributed by atoms with van der Waals surface area (Å²) < 4.78 is 22.5. The van der Waals surface area contributed by atoms with Crippen molar-refractivity contribution in [2.75, 3.05) is 12.0 Å². The summed E-state index contributed by atoms with van der Waals surface area (Å²) in [4.78, 5) is 0. The minimum Gasteiger partial charge on any atom is -0.324 e. The second-order valence-corrected chi connectivity index (χ2v) is 7.56. The van der Waals surface area contributed by atoms with Gasteiger partial charge >= 0.3 is 0 Å². The van der Waals surface area contributed by atoms with Gasteiger partial charge in [-0.25, -0.2) is 8.42 Å². The Morgan fingerprint density at radius 2 is 2.06 bits per heavy atom. The Morgan fingerprint density at radius 1 is 1.33 bits per heavy atom. The molecule has 0 spiro atoms. The first-order valence-electron chi connectivity index (χ1n) is 6.48. The molecule has 0 aliphatic heterocycles. The van der Waals surface area contributed by atoms with E-state index in [1.165, 1.54) is 17.4 Å². The lowest BCUT2D eigenvalue weighted by Gasteiger charge is -2.22. The van der Waals surface area contributed by atoms with Crippen LogP contribution in [0, 0.1) is 5.92 Å². The molecule has 2 rings (SSSR count). The quantitative estimate of drug-likeness (QED) is 0.853. The zero-order valence-electron chi connectivity index (χ0n) is 10.8. The Kier molecular flexibility index (Phi) is 4.07. The van der Waals surface area contributed by atoms with Gasteiger partial charge in [-0.15, -0.1) is 0 Å². The first-order chi connectivity index (χ1) is 8.47. The van der Waals surface area contributed by atoms with Crippen LogP contribution in [0.15, 0.2) is 24.3 Å². The van der Waals surface area contributed by atoms with E-state index in [2.05, 4.69) is 12.1 Å². The van der Waals surface area contributed by atoms with Gasteiger partial charge in [0.2, 0.25) is 0 Å². The van der Waals surface area contributed by atoms with Crippen LogP contribution < -0.4 is 5.73 Å². The molecule has 2 atom stereocenters. The molecular weight excluding hydrogens is 246 g/mol. The number of rotatable bonds is 3. The minimum atomic E-state index is -2.89. The van der Waals surface area contributed by atoms with E-state index >= 15 is 0 Å². The summed E-state index contributed by atoms with van der Waals surface area (Å²) in [5, 5.41) is 0. The molecule has 1 aromatic carbocycles. The maximum absolute atomic E-state index is 11.3. The number of fused-ring (bicyclic) bond motifs is 1. The summed E-state index contributed by atoms with van der Waals surface area (Å²) in [6.07, 6.45) is 5.14. The standard InChI is InChI=1S/C14H21NO2S/c1-18(16,17)10-9-12-7-4-6-11-5-2-3-8-13(11)14(12)15/h2-3,5,8,12,14H,4,6-7,9-10,15H2,1H3. The molecule has 1 aromatic rings. The molecule has 2 N–H and O–H groups in total. The van der Waals surface area contributed by atoms with E-state index in [9.17, 15) is 8.42 Å². The number of nitrogens with two attached hydrogens (primary N) is 1. The minimum absolute atomic E-state index is 0.0227. The molecule has 3 nitrogen and oxygen atoms in total. The topological polar surface area (TPSA) is 60.2 Å². The second-order valence-electron chi connectivity index (χ2n) is 5.30. The molecule has 18 heavy (non-hydrogen) atoms. The average Bonchev–Trinajstić information content (AvgIpc) is 2.46. The van der Waals surface area contributed by atoms with Crippen molar-refractivity contribution in [3.05, 3.63) is 35.4 Å². The van der Waals surface area contributed by atoms with Crippen LogP contribution in [0.3, 0.4) is 0 Å². The van der Waals surface area contributed by atoms with Crippen molar-refractivity contribution in [3.63, 3.8) is 0 Å². The van der Waals surface area contributed by atoms with Gasteiger partial charge in [-0.3, -0.25) is 0 Å². The average molecular weight is 267 g/mol. The summed E-state index contributed by atoms with van der Waals surface area (Å²) in [6.45, 7) is 0. The summed E-state index contributed by atoms with van der Waals surface area (Å²) in [6, 6.07) is 8.25. The highest BCUT2D eigenvalue weighted by molar-refractivity contribution is 7.90. The lowest BCUT2D eigenvalue weighted by atomic mass is 9.89. The molecule has 4 heteroatoms. The highest BCUT2D eigenvalue weighted by Crippen LogP contribution is 2.33. The molecule has 0 amide bonds. The molecule has 0 radical (unpaired) electrons. The molecule has 0 saturated carbocycles. The Labute approximate surface area is 109 Å². The van der Waals surface area contributed by atoms with Crippen LogP contribution in [0.1, 0.15) is 36.4 Å². The van der Waals surface area contributed by atoms with Gasteiger partial charge < -0.3 is 5.73 Å². The third-order valence-electron chi connectivity index (χ3n) is 3.80. The predicted molar refractivity (Wildman–Crippen MR) is 74.1 cm³/mol. The van der Waals surface area contributed by atoms with Crippen LogP contribution in [0.5, 0.6) is 0 Å². The van der Waals surface area contributed by atoms with E-state index in [0.29, 0.717) is 6.42 Å². The molecule has 0 heterocycles. The molecule has 0 fully saturated rings. The second kappa shape index (κ2) is 5.41. The van der Waals surface area contributed by atoms with Crippen molar-refractivity contribution in [2.45, 2.75) is 31.7 Å². The maximum atomic E-state index is 11.3. The van der Waals surface area contributed by atoms with Gasteiger partial charge in [-0.05, 0) is 42.7 Å². The molecule has 1 aliphatic rings. The van der Waals surface area contributed by atoms with Crippen LogP contribution in [-0.4, -0.2) is 20.4 Å². The van der Waals surface area contributed by atoms with Crippen LogP contribution in [0.4, 0.5) is 0 Å². The van der Waals surface area contributed by atoms with Crippen molar-refractivity contribution < 1.29 is 8.42 Å². The molecule has 0 aromatic heterocycles. The molecule has 1 aliphatic carbocycles. The Bertz CT molecular complexity index is 510. The Hall–Kier alpha value is -0.870. The SMILES string of the molecule is CS(=O)(=O)CCC1CCCc2ccccc2C1N. The highest BCUT2D eigenvalue weighted by Gasteiger charge is 2.25. The van der Waals surface area contributed by atoms with Crippen molar-refractivity contribution in [1.82, 2.24) is 0 Å². The molecular formula is C14H21NO2S. The number of hydrogen-bond donors (Lipinski definition) is 1. The number of aryl methyl sites for hydroxylation is 1. The first-order valence-corrected chi connectivity index (χ1v) is 8.54. The van der Waals surface area contributed by atoms with Crippen LogP contribution in [0.2, 0.25) is 0 Å². The van der Waals surface area contributed by atoms with E-state index in [1.807, 2.05) is 12.1 Å². The van der Waals surface area contributed by atoms with Crippen molar-refractivity contribution in [1.29, 1.82) is 0 Å². The van der Waals surface area contributed by atoms with Gasteiger partial charge in [0.15, 0.2) is 0 Å². The monoisotopic (exact) mass is 267 g/mol. The van der Waals surface area contributed by atoms with Crippen LogP contribution >= 0.6 is 0 Å². The fourth-order valence-corrected chi connectivity index (χ4v) is 3.50. The van der Waals surface area contributed by atoms with E-state index in [4.69, 9.17) is 5.73 Å². The fraction of sp³-hybridized carbons (Fsp3) is 0.571. The van der Waals surface area contributed by atoms with Gasteiger partial charge in [-0.2, -0.15) is 0 Å². The first kappa shape index (κ1) is 13.6. The predicted octanol–water partition coefficient (Wildman–Crippen LogP) is 2.07. The van der Waals surface area contributed by atoms with Crippen LogP contribution in [0.25, 0.3) is 0 Å². The summed E-state index contributed by atoms with van der Waals surface area (Å²) in [5.74, 6) is 0.524. The van der Waals surface area contributed by atoms with Crippen molar-refractivity contribution in [2.24, 2.45) is 11.7 Å². The molecule has 100 valence electrons. The number of hydrogen-bond acceptors (Lipinski definition) is 3. The largest absolute Gasteiger partial charge is 0.324 e. The van der Waals surface area contributed by atoms with Gasteiger partial charge in [0.05, 0.1) is 5.75 Å². The number of benzene rings is 1. The maximum Gasteiger partial charge on any atom is 0.147 e. The summed E-state index contributed by atoms with van der Waals surface area (Å²) in [5.41, 5.74) is 8.85. The third-order valence-corrected chi connectivity index (χ3v) is 4.78. The smallest absolute Gasteiger partial charge is 0.147 e. The van der Waals surface area contributed by atoms with Crippen molar-refractivity contribution >= 4 is 9.84 Å². The van der Waals surface area contributed by atoms with Gasteiger partial charge in [0, 0.05) is 12.3 Å². The highest BCUT2D eigenvalue weighted by atomic mass is 32.2. The lowest BCUT2D eigenvalue weighted by molar-refractivity contribution is 0.392. The fourth-order valence-electron chi connectivity index (χ4n) is 2.76. The van der Waals surface area contributed by atoms with E-state index in [-0.39, 0.29) is 17.7 Å². The Morgan fingerprint density at radius 3 is 2.78 bits per heavy atom. The van der Waals surface area contributed by atoms with E-state index in [1.54, 1.807) is 0 Å². The third kappa shape index (κ3) is 3.33. The molecule has 0 saturated heterocycles. The van der Waals surface area contributed by atoms with Gasteiger partial charge in [-0.1, -0.05) is 24.3 Å². The Balaban J connectivity index is 2.15. The molecule has 0 bridgehead atoms. The van der Waals surface area contributed by atoms with Crippen LogP contribution in [-0.2, 0) is 16.3 Å². The normalized spacial score (nSPS) is 24.3. The summed E-state index contributed by atoms with van der Waals surface area (Å²) >= 11 is 0. The van der Waals surface area contributed by atoms with Crippen molar-refractivity contribution in [3.8, 4) is 0 Å². The van der Waals surface area contributed by atoms with E-state index < -0.39 is 9.84 Å². The molecule has 2 unspecified atom stereocenters. The zero-order chi connectivity index (χ0) is 13.2. The van der Waals surface area contributed by atoms with Gasteiger partial charge in [0.25, 0.3) is 0 Å². The van der Waals surface area contributed by atoms with Gasteiger partial charge in [0.1, 0.15) is 9.84 Å². The lowest BCUT2D eigenvalue weighted by Crippen LogP contribution is -2.23. The summed E-state index contributed by atoms with van der Waals surface area (Å²) in [7, 11) is -2.89. The number of sulfone groups is 1. The van der Waals surface area contributed by atoms with E-state index in [0.717, 1.165) is 19.3 Å². The zero-order valence-corrected chi connectivity index (χ0v) is 11.6.